The van der Waals surface area contributed by atoms with Crippen LogP contribution in [0.3, 0.4) is 0 Å². The maximum atomic E-state index is 11.8. The lowest BCUT2D eigenvalue weighted by Gasteiger charge is -2.09. The van der Waals surface area contributed by atoms with E-state index in [-0.39, 0.29) is 6.03 Å². The van der Waals surface area contributed by atoms with Crippen molar-refractivity contribution in [2.24, 2.45) is 0 Å². The average molecular weight is 322 g/mol. The van der Waals surface area contributed by atoms with Crippen molar-refractivity contribution in [3.05, 3.63) is 66.7 Å². The Kier molecular flexibility index (Phi) is 5.14. The van der Waals surface area contributed by atoms with Gasteiger partial charge in [-0.05, 0) is 11.6 Å². The third-order valence-electron chi connectivity index (χ3n) is 3.42. The van der Waals surface area contributed by atoms with Gasteiger partial charge >= 0.3 is 6.03 Å². The fourth-order valence-electron chi connectivity index (χ4n) is 2.24. The highest BCUT2D eigenvalue weighted by atomic mass is 16.2. The van der Waals surface area contributed by atoms with Gasteiger partial charge in [0.25, 0.3) is 0 Å². The second-order valence-corrected chi connectivity index (χ2v) is 5.11. The molecule has 0 bridgehead atoms. The zero-order chi connectivity index (χ0) is 16.6. The van der Waals surface area contributed by atoms with Crippen molar-refractivity contribution in [2.45, 2.75) is 13.1 Å². The molecule has 0 atom stereocenters. The molecule has 2 heterocycles. The molecule has 3 rings (SSSR count). The largest absolute Gasteiger partial charge is 0.336 e. The summed E-state index contributed by atoms with van der Waals surface area (Å²) < 4.78 is 1.91. The minimum atomic E-state index is -0.198. The lowest BCUT2D eigenvalue weighted by atomic mass is 10.2. The van der Waals surface area contributed by atoms with Crippen LogP contribution in [0.15, 0.2) is 61.2 Å². The van der Waals surface area contributed by atoms with Gasteiger partial charge < -0.3 is 15.2 Å². The molecule has 0 aliphatic carbocycles. The first-order valence-electron chi connectivity index (χ1n) is 7.67. The molecular weight excluding hydrogens is 304 g/mol. The Balaban J connectivity index is 1.47. The minimum absolute atomic E-state index is 0.198. The van der Waals surface area contributed by atoms with Crippen LogP contribution in [0.1, 0.15) is 5.56 Å². The minimum Gasteiger partial charge on any atom is -0.336 e. The topological polar surface area (TPSA) is 84.7 Å². The predicted molar refractivity (Wildman–Crippen MR) is 89.9 cm³/mol. The summed E-state index contributed by atoms with van der Waals surface area (Å²) in [6, 6.07) is 11.3. The van der Waals surface area contributed by atoms with E-state index in [1.807, 2.05) is 41.1 Å². The van der Waals surface area contributed by atoms with Crippen molar-refractivity contribution >= 4 is 6.03 Å². The number of urea groups is 1. The first-order chi connectivity index (χ1) is 11.8. The summed E-state index contributed by atoms with van der Waals surface area (Å²) in [4.78, 5) is 24.5. The van der Waals surface area contributed by atoms with E-state index in [1.165, 1.54) is 0 Å². The molecule has 1 aromatic carbocycles. The summed E-state index contributed by atoms with van der Waals surface area (Å²) in [5.74, 6) is 1.25. The van der Waals surface area contributed by atoms with Gasteiger partial charge in [-0.15, -0.1) is 0 Å². The Morgan fingerprint density at radius 3 is 2.54 bits per heavy atom. The predicted octanol–water partition coefficient (Wildman–Crippen LogP) is 1.84. The normalized spacial score (nSPS) is 10.3. The van der Waals surface area contributed by atoms with Crippen molar-refractivity contribution in [3.8, 4) is 11.6 Å². The van der Waals surface area contributed by atoms with Crippen molar-refractivity contribution < 1.29 is 4.79 Å². The maximum Gasteiger partial charge on any atom is 0.315 e. The fourth-order valence-corrected chi connectivity index (χ4v) is 2.24. The second-order valence-electron chi connectivity index (χ2n) is 5.11. The summed E-state index contributed by atoms with van der Waals surface area (Å²) in [5, 5.41) is 5.66. The Morgan fingerprint density at radius 1 is 0.958 bits per heavy atom. The number of amides is 2. The summed E-state index contributed by atoms with van der Waals surface area (Å²) in [7, 11) is 0. The van der Waals surface area contributed by atoms with Crippen molar-refractivity contribution in [3.63, 3.8) is 0 Å². The molecule has 122 valence electrons. The van der Waals surface area contributed by atoms with Gasteiger partial charge in [0.15, 0.2) is 11.6 Å². The van der Waals surface area contributed by atoms with Gasteiger partial charge in [0.05, 0.1) is 0 Å². The van der Waals surface area contributed by atoms with Gasteiger partial charge in [-0.2, -0.15) is 0 Å². The molecular formula is C17H18N6O. The average Bonchev–Trinajstić information content (AvgIpc) is 3.10. The van der Waals surface area contributed by atoms with E-state index in [0.717, 1.165) is 5.56 Å². The molecule has 0 spiro atoms. The molecule has 2 N–H and O–H groups in total. The number of hydrogen-bond acceptors (Lipinski definition) is 4. The van der Waals surface area contributed by atoms with Crippen molar-refractivity contribution in [1.82, 2.24) is 30.2 Å². The SMILES string of the molecule is O=C(NCCn1ccnc1-c1ncccn1)NCc1ccccc1. The van der Waals surface area contributed by atoms with Gasteiger partial charge in [-0.3, -0.25) is 0 Å². The van der Waals surface area contributed by atoms with Gasteiger partial charge in [0, 0.05) is 44.4 Å². The first-order valence-corrected chi connectivity index (χ1v) is 7.67. The lowest BCUT2D eigenvalue weighted by Crippen LogP contribution is -2.36. The molecule has 0 aliphatic rings. The molecule has 0 unspecified atom stereocenters. The Bertz CT molecular complexity index is 772. The highest BCUT2D eigenvalue weighted by Crippen LogP contribution is 2.10. The molecule has 24 heavy (non-hydrogen) atoms. The summed E-state index contributed by atoms with van der Waals surface area (Å²) in [5.41, 5.74) is 1.06. The lowest BCUT2D eigenvalue weighted by molar-refractivity contribution is 0.240. The molecule has 7 heteroatoms. The van der Waals surface area contributed by atoms with E-state index in [1.54, 1.807) is 24.7 Å². The van der Waals surface area contributed by atoms with Gasteiger partial charge in [-0.1, -0.05) is 30.3 Å². The number of benzene rings is 1. The van der Waals surface area contributed by atoms with E-state index >= 15 is 0 Å². The highest BCUT2D eigenvalue weighted by molar-refractivity contribution is 5.73. The number of rotatable bonds is 6. The van der Waals surface area contributed by atoms with E-state index < -0.39 is 0 Å². The Hall–Kier alpha value is -3.22. The fraction of sp³-hybridized carbons (Fsp3) is 0.176. The van der Waals surface area contributed by atoms with Crippen LogP contribution in [-0.4, -0.2) is 32.1 Å². The molecule has 7 nitrogen and oxygen atoms in total. The van der Waals surface area contributed by atoms with Crippen molar-refractivity contribution in [1.29, 1.82) is 0 Å². The van der Waals surface area contributed by atoms with Crippen LogP contribution in [0.25, 0.3) is 11.6 Å². The first kappa shape index (κ1) is 15.7. The molecule has 0 fully saturated rings. The van der Waals surface area contributed by atoms with Crippen LogP contribution >= 0.6 is 0 Å². The number of carbonyl (C=O) groups is 1. The standard InChI is InChI=1S/C17H18N6O/c24-17(22-13-14-5-2-1-3-6-14)21-10-12-23-11-9-20-16(23)15-18-7-4-8-19-15/h1-9,11H,10,12-13H2,(H2,21,22,24). The Labute approximate surface area is 139 Å². The van der Waals surface area contributed by atoms with E-state index in [2.05, 4.69) is 25.6 Å². The summed E-state index contributed by atoms with van der Waals surface area (Å²) in [6.07, 6.45) is 6.89. The van der Waals surface area contributed by atoms with Gasteiger partial charge in [0.1, 0.15) is 0 Å². The van der Waals surface area contributed by atoms with Gasteiger partial charge in [-0.25, -0.2) is 19.7 Å². The Morgan fingerprint density at radius 2 is 1.75 bits per heavy atom. The molecule has 0 saturated heterocycles. The second kappa shape index (κ2) is 7.87. The molecule has 2 amide bonds. The maximum absolute atomic E-state index is 11.8. The van der Waals surface area contributed by atoms with Gasteiger partial charge in [0.2, 0.25) is 0 Å². The van der Waals surface area contributed by atoms with Crippen LogP contribution in [0, 0.1) is 0 Å². The monoisotopic (exact) mass is 322 g/mol. The zero-order valence-corrected chi connectivity index (χ0v) is 13.1. The molecule has 3 aromatic rings. The number of carbonyl (C=O) groups excluding carboxylic acids is 1. The summed E-state index contributed by atoms with van der Waals surface area (Å²) in [6.45, 7) is 1.57. The van der Waals surface area contributed by atoms with Crippen LogP contribution in [0.5, 0.6) is 0 Å². The highest BCUT2D eigenvalue weighted by Gasteiger charge is 2.08. The van der Waals surface area contributed by atoms with E-state index in [0.29, 0.717) is 31.3 Å². The molecule has 2 aromatic heterocycles. The van der Waals surface area contributed by atoms with E-state index in [9.17, 15) is 4.79 Å². The molecule has 0 aliphatic heterocycles. The quantitative estimate of drug-likeness (QED) is 0.725. The zero-order valence-electron chi connectivity index (χ0n) is 13.1. The van der Waals surface area contributed by atoms with E-state index in [4.69, 9.17) is 0 Å². The summed E-state index contributed by atoms with van der Waals surface area (Å²) >= 11 is 0. The number of hydrogen-bond donors (Lipinski definition) is 2. The number of aromatic nitrogens is 4. The van der Waals surface area contributed by atoms with Crippen molar-refractivity contribution in [2.75, 3.05) is 6.54 Å². The van der Waals surface area contributed by atoms with Crippen LogP contribution in [-0.2, 0) is 13.1 Å². The molecule has 0 saturated carbocycles. The third-order valence-corrected chi connectivity index (χ3v) is 3.42. The smallest absolute Gasteiger partial charge is 0.315 e. The van der Waals surface area contributed by atoms with Crippen LogP contribution < -0.4 is 10.6 Å². The molecule has 0 radical (unpaired) electrons. The third kappa shape index (κ3) is 4.16. The number of imidazole rings is 1. The number of nitrogens with zero attached hydrogens (tertiary/aromatic N) is 4. The van der Waals surface area contributed by atoms with Crippen LogP contribution in [0.4, 0.5) is 4.79 Å². The number of nitrogens with one attached hydrogen (secondary N) is 2. The van der Waals surface area contributed by atoms with Crippen LogP contribution in [0.2, 0.25) is 0 Å².